The number of carbonyl (C=O) groups is 1. The van der Waals surface area contributed by atoms with E-state index in [1.165, 1.54) is 0 Å². The van der Waals surface area contributed by atoms with Crippen LogP contribution in [-0.2, 0) is 4.79 Å². The van der Waals surface area contributed by atoms with Gasteiger partial charge in [0.2, 0.25) is 0 Å². The highest BCUT2D eigenvalue weighted by Crippen LogP contribution is 2.25. The molecule has 0 saturated carbocycles. The third kappa shape index (κ3) is 1.64. The molecule has 2 rings (SSSR count). The van der Waals surface area contributed by atoms with Crippen LogP contribution in [-0.4, -0.2) is 18.9 Å². The van der Waals surface area contributed by atoms with E-state index in [4.69, 9.17) is 0 Å². The summed E-state index contributed by atoms with van der Waals surface area (Å²) in [4.78, 5) is 10.3. The highest BCUT2D eigenvalue weighted by molar-refractivity contribution is 5.71. The maximum Gasteiger partial charge on any atom is 0.122 e. The Bertz CT molecular complexity index is 312. The Morgan fingerprint density at radius 1 is 1.38 bits per heavy atom. The highest BCUT2D eigenvalue weighted by atomic mass is 16.1. The van der Waals surface area contributed by atoms with Crippen molar-refractivity contribution in [2.24, 2.45) is 0 Å². The van der Waals surface area contributed by atoms with E-state index < -0.39 is 0 Å². The van der Waals surface area contributed by atoms with Gasteiger partial charge < -0.3 is 15.4 Å². The van der Waals surface area contributed by atoms with Gasteiger partial charge in [-0.3, -0.25) is 0 Å². The van der Waals surface area contributed by atoms with Crippen molar-refractivity contribution in [3.05, 3.63) is 24.3 Å². The molecule has 0 saturated heterocycles. The van der Waals surface area contributed by atoms with Crippen molar-refractivity contribution < 1.29 is 4.79 Å². The summed E-state index contributed by atoms with van der Waals surface area (Å²) in [6, 6.07) is 8.25. The van der Waals surface area contributed by atoms with Gasteiger partial charge in [-0.25, -0.2) is 0 Å². The molecule has 1 aromatic rings. The van der Waals surface area contributed by atoms with E-state index in [0.717, 1.165) is 24.2 Å². The summed E-state index contributed by atoms with van der Waals surface area (Å²) in [5.74, 6) is 0. The van der Waals surface area contributed by atoms with Crippen molar-refractivity contribution in [1.82, 2.24) is 0 Å². The van der Waals surface area contributed by atoms with E-state index in [1.807, 2.05) is 24.3 Å². The molecule has 2 N–H and O–H groups in total. The van der Waals surface area contributed by atoms with Gasteiger partial charge in [0.15, 0.2) is 0 Å². The first-order valence-electron chi connectivity index (χ1n) is 4.43. The molecule has 13 heavy (non-hydrogen) atoms. The SMILES string of the molecule is O=CCC1CNc2ccccc2N1. The number of hydrogen-bond acceptors (Lipinski definition) is 3. The van der Waals surface area contributed by atoms with E-state index in [0.29, 0.717) is 6.42 Å². The lowest BCUT2D eigenvalue weighted by molar-refractivity contribution is -0.108. The zero-order valence-electron chi connectivity index (χ0n) is 7.29. The molecule has 1 heterocycles. The largest absolute Gasteiger partial charge is 0.381 e. The first-order valence-corrected chi connectivity index (χ1v) is 4.43. The quantitative estimate of drug-likeness (QED) is 0.671. The summed E-state index contributed by atoms with van der Waals surface area (Å²) in [6.07, 6.45) is 1.51. The van der Waals surface area contributed by atoms with Gasteiger partial charge in [0.25, 0.3) is 0 Å². The minimum atomic E-state index is 0.229. The van der Waals surface area contributed by atoms with Crippen LogP contribution < -0.4 is 10.6 Å². The molecule has 1 aliphatic rings. The fourth-order valence-corrected chi connectivity index (χ4v) is 1.53. The zero-order valence-corrected chi connectivity index (χ0v) is 7.29. The second-order valence-corrected chi connectivity index (χ2v) is 3.17. The fourth-order valence-electron chi connectivity index (χ4n) is 1.53. The summed E-state index contributed by atoms with van der Waals surface area (Å²) >= 11 is 0. The molecule has 0 bridgehead atoms. The first-order chi connectivity index (χ1) is 6.40. The number of para-hydroxylation sites is 2. The standard InChI is InChI=1S/C10H12N2O/c13-6-5-8-7-11-9-3-1-2-4-10(9)12-8/h1-4,6,8,11-12H,5,7H2. The van der Waals surface area contributed by atoms with Crippen LogP contribution in [0.3, 0.4) is 0 Å². The Morgan fingerprint density at radius 3 is 2.92 bits per heavy atom. The van der Waals surface area contributed by atoms with Gasteiger partial charge in [-0.2, -0.15) is 0 Å². The van der Waals surface area contributed by atoms with Crippen LogP contribution in [0.5, 0.6) is 0 Å². The van der Waals surface area contributed by atoms with E-state index in [9.17, 15) is 4.79 Å². The average molecular weight is 176 g/mol. The van der Waals surface area contributed by atoms with Crippen molar-refractivity contribution in [3.63, 3.8) is 0 Å². The number of carbonyl (C=O) groups excluding carboxylic acids is 1. The molecule has 1 aromatic carbocycles. The Kier molecular flexibility index (Phi) is 2.17. The molecule has 0 aromatic heterocycles. The van der Waals surface area contributed by atoms with Gasteiger partial charge in [0.1, 0.15) is 6.29 Å². The third-order valence-electron chi connectivity index (χ3n) is 2.21. The van der Waals surface area contributed by atoms with Crippen LogP contribution in [0.15, 0.2) is 24.3 Å². The minimum absolute atomic E-state index is 0.229. The van der Waals surface area contributed by atoms with Gasteiger partial charge in [-0.15, -0.1) is 0 Å². The molecular weight excluding hydrogens is 164 g/mol. The van der Waals surface area contributed by atoms with Gasteiger partial charge in [-0.1, -0.05) is 12.1 Å². The molecule has 0 radical (unpaired) electrons. The molecule has 0 fully saturated rings. The topological polar surface area (TPSA) is 41.1 Å². The van der Waals surface area contributed by atoms with Gasteiger partial charge in [-0.05, 0) is 12.1 Å². The summed E-state index contributed by atoms with van der Waals surface area (Å²) in [7, 11) is 0. The lowest BCUT2D eigenvalue weighted by Crippen LogP contribution is -2.33. The zero-order chi connectivity index (χ0) is 9.10. The highest BCUT2D eigenvalue weighted by Gasteiger charge is 2.15. The Hall–Kier alpha value is -1.51. The van der Waals surface area contributed by atoms with Crippen LogP contribution in [0.1, 0.15) is 6.42 Å². The molecule has 1 atom stereocenters. The number of nitrogens with one attached hydrogen (secondary N) is 2. The van der Waals surface area contributed by atoms with Crippen molar-refractivity contribution >= 4 is 17.7 Å². The number of hydrogen-bond donors (Lipinski definition) is 2. The fraction of sp³-hybridized carbons (Fsp3) is 0.300. The number of aldehydes is 1. The van der Waals surface area contributed by atoms with Crippen molar-refractivity contribution in [2.45, 2.75) is 12.5 Å². The number of anilines is 2. The molecule has 0 spiro atoms. The Balaban J connectivity index is 2.15. The summed E-state index contributed by atoms with van der Waals surface area (Å²) in [5.41, 5.74) is 2.20. The molecule has 0 aliphatic carbocycles. The molecule has 68 valence electrons. The second-order valence-electron chi connectivity index (χ2n) is 3.17. The molecular formula is C10H12N2O. The molecule has 1 unspecified atom stereocenters. The Morgan fingerprint density at radius 2 is 2.15 bits per heavy atom. The van der Waals surface area contributed by atoms with E-state index in [2.05, 4.69) is 10.6 Å². The van der Waals surface area contributed by atoms with Crippen LogP contribution in [0.2, 0.25) is 0 Å². The van der Waals surface area contributed by atoms with Gasteiger partial charge in [0.05, 0.1) is 17.4 Å². The van der Waals surface area contributed by atoms with Crippen molar-refractivity contribution in [1.29, 1.82) is 0 Å². The normalized spacial score (nSPS) is 19.5. The molecule has 0 amide bonds. The van der Waals surface area contributed by atoms with Crippen LogP contribution >= 0.6 is 0 Å². The number of rotatable bonds is 2. The molecule has 3 heteroatoms. The van der Waals surface area contributed by atoms with E-state index >= 15 is 0 Å². The lowest BCUT2D eigenvalue weighted by Gasteiger charge is -2.26. The van der Waals surface area contributed by atoms with Crippen LogP contribution in [0.4, 0.5) is 11.4 Å². The predicted molar refractivity (Wildman–Crippen MR) is 53.0 cm³/mol. The van der Waals surface area contributed by atoms with Gasteiger partial charge >= 0.3 is 0 Å². The van der Waals surface area contributed by atoms with E-state index in [-0.39, 0.29) is 6.04 Å². The number of fused-ring (bicyclic) bond motifs is 1. The maximum atomic E-state index is 10.3. The smallest absolute Gasteiger partial charge is 0.122 e. The minimum Gasteiger partial charge on any atom is -0.381 e. The average Bonchev–Trinajstić information content (AvgIpc) is 2.18. The number of benzene rings is 1. The predicted octanol–water partition coefficient (Wildman–Crippen LogP) is 1.48. The molecule has 3 nitrogen and oxygen atoms in total. The van der Waals surface area contributed by atoms with Crippen molar-refractivity contribution in [3.8, 4) is 0 Å². The van der Waals surface area contributed by atoms with Gasteiger partial charge in [0, 0.05) is 13.0 Å². The van der Waals surface area contributed by atoms with Crippen LogP contribution in [0.25, 0.3) is 0 Å². The summed E-state index contributed by atoms with van der Waals surface area (Å²) < 4.78 is 0. The Labute approximate surface area is 77.1 Å². The summed E-state index contributed by atoms with van der Waals surface area (Å²) in [6.45, 7) is 0.815. The third-order valence-corrected chi connectivity index (χ3v) is 2.21. The maximum absolute atomic E-state index is 10.3. The second kappa shape index (κ2) is 3.47. The summed E-state index contributed by atoms with van der Waals surface area (Å²) in [5, 5.41) is 6.58. The van der Waals surface area contributed by atoms with Crippen molar-refractivity contribution in [2.75, 3.05) is 17.2 Å². The van der Waals surface area contributed by atoms with E-state index in [1.54, 1.807) is 0 Å². The monoisotopic (exact) mass is 176 g/mol. The van der Waals surface area contributed by atoms with Crippen LogP contribution in [0, 0.1) is 0 Å². The first kappa shape index (κ1) is 8.10. The molecule has 1 aliphatic heterocycles. The lowest BCUT2D eigenvalue weighted by atomic mass is 10.1.